The predicted molar refractivity (Wildman–Crippen MR) is 110 cm³/mol. The zero-order chi connectivity index (χ0) is 18.2. The number of anilines is 1. The van der Waals surface area contributed by atoms with Crippen molar-refractivity contribution in [3.63, 3.8) is 0 Å². The zero-order valence-electron chi connectivity index (χ0n) is 14.0. The molecule has 0 bridgehead atoms. The van der Waals surface area contributed by atoms with E-state index in [0.717, 1.165) is 28.6 Å². The molecule has 0 unspecified atom stereocenters. The molecule has 0 saturated heterocycles. The lowest BCUT2D eigenvalue weighted by atomic mass is 10.3. The van der Waals surface area contributed by atoms with Crippen molar-refractivity contribution in [1.82, 2.24) is 15.2 Å². The summed E-state index contributed by atoms with van der Waals surface area (Å²) >= 11 is 4.65. The average Bonchev–Trinajstić information content (AvgIpc) is 3.32. The third-order valence-electron chi connectivity index (χ3n) is 3.28. The van der Waals surface area contributed by atoms with Gasteiger partial charge in [-0.05, 0) is 23.6 Å². The Balaban J connectivity index is 1.51. The number of carbonyl (C=O) groups is 1. The molecule has 26 heavy (non-hydrogen) atoms. The van der Waals surface area contributed by atoms with E-state index in [2.05, 4.69) is 33.1 Å². The number of carbonyl (C=O) groups excluding carboxylic acids is 1. The number of para-hydroxylation sites is 1. The molecule has 1 amide bonds. The number of benzene rings is 1. The number of thioether (sulfide) groups is 2. The van der Waals surface area contributed by atoms with Gasteiger partial charge in [-0.3, -0.25) is 9.89 Å². The minimum atomic E-state index is -0.0775. The van der Waals surface area contributed by atoms with Crippen molar-refractivity contribution < 1.29 is 4.79 Å². The molecule has 2 N–H and O–H groups in total. The van der Waals surface area contributed by atoms with Gasteiger partial charge in [0.15, 0.2) is 0 Å². The summed E-state index contributed by atoms with van der Waals surface area (Å²) in [5, 5.41) is 12.7. The number of amides is 1. The fraction of sp³-hybridized carbons (Fsp3) is 0.167. The Morgan fingerprint density at radius 3 is 2.96 bits per heavy atom. The molecule has 0 aliphatic carbocycles. The monoisotopic (exact) mass is 402 g/mol. The Morgan fingerprint density at radius 2 is 2.15 bits per heavy atom. The van der Waals surface area contributed by atoms with Gasteiger partial charge in [0.1, 0.15) is 5.82 Å². The van der Waals surface area contributed by atoms with Crippen LogP contribution in [0.4, 0.5) is 5.69 Å². The van der Waals surface area contributed by atoms with Crippen LogP contribution >= 0.6 is 34.9 Å². The first kappa shape index (κ1) is 18.8. The molecule has 1 aromatic carbocycles. The topological polar surface area (TPSA) is 70.7 Å². The first-order chi connectivity index (χ1) is 12.7. The SMILES string of the molecule is C=CCSc1ccccc1NC(=O)CSc1n[nH]c(Cc2cccs2)n1. The highest BCUT2D eigenvalue weighted by Gasteiger charge is 2.10. The molecule has 0 atom stereocenters. The van der Waals surface area contributed by atoms with Gasteiger partial charge in [0.2, 0.25) is 11.1 Å². The van der Waals surface area contributed by atoms with Crippen LogP contribution < -0.4 is 5.32 Å². The normalized spacial score (nSPS) is 10.6. The molecule has 3 aromatic rings. The molecule has 2 heterocycles. The van der Waals surface area contributed by atoms with E-state index in [1.165, 1.54) is 16.6 Å². The number of rotatable bonds is 9. The Hall–Kier alpha value is -2.03. The Labute approximate surface area is 164 Å². The summed E-state index contributed by atoms with van der Waals surface area (Å²) in [6, 6.07) is 11.8. The lowest BCUT2D eigenvalue weighted by Crippen LogP contribution is -2.14. The maximum atomic E-state index is 12.2. The van der Waals surface area contributed by atoms with Crippen LogP contribution in [0.1, 0.15) is 10.7 Å². The van der Waals surface area contributed by atoms with Gasteiger partial charge in [-0.25, -0.2) is 4.98 Å². The Kier molecular flexibility index (Phi) is 6.93. The summed E-state index contributed by atoms with van der Waals surface area (Å²) in [6.07, 6.45) is 2.57. The van der Waals surface area contributed by atoms with Crippen LogP contribution in [0.5, 0.6) is 0 Å². The molecular formula is C18H18N4OS3. The molecule has 5 nitrogen and oxygen atoms in total. The van der Waals surface area contributed by atoms with E-state index in [4.69, 9.17) is 0 Å². The molecule has 0 radical (unpaired) electrons. The van der Waals surface area contributed by atoms with Crippen molar-refractivity contribution in [3.8, 4) is 0 Å². The minimum absolute atomic E-state index is 0.0775. The first-order valence-electron chi connectivity index (χ1n) is 7.93. The molecule has 3 rings (SSSR count). The summed E-state index contributed by atoms with van der Waals surface area (Å²) < 4.78 is 0. The number of thiophene rings is 1. The molecule has 8 heteroatoms. The molecule has 0 aliphatic rings. The fourth-order valence-electron chi connectivity index (χ4n) is 2.16. The van der Waals surface area contributed by atoms with Crippen LogP contribution in [-0.2, 0) is 11.2 Å². The van der Waals surface area contributed by atoms with Crippen molar-refractivity contribution >= 4 is 46.5 Å². The van der Waals surface area contributed by atoms with E-state index < -0.39 is 0 Å². The number of hydrogen-bond donors (Lipinski definition) is 2. The highest BCUT2D eigenvalue weighted by Crippen LogP contribution is 2.27. The van der Waals surface area contributed by atoms with Crippen LogP contribution in [0, 0.1) is 0 Å². The molecule has 0 saturated carbocycles. The van der Waals surface area contributed by atoms with Crippen LogP contribution in [0.25, 0.3) is 0 Å². The van der Waals surface area contributed by atoms with Gasteiger partial charge >= 0.3 is 0 Å². The van der Waals surface area contributed by atoms with E-state index >= 15 is 0 Å². The Morgan fingerprint density at radius 1 is 1.27 bits per heavy atom. The second-order valence-electron chi connectivity index (χ2n) is 5.25. The van der Waals surface area contributed by atoms with Gasteiger partial charge < -0.3 is 5.32 Å². The van der Waals surface area contributed by atoms with Gasteiger partial charge in [0, 0.05) is 21.9 Å². The van der Waals surface area contributed by atoms with Crippen molar-refractivity contribution in [2.75, 3.05) is 16.8 Å². The number of hydrogen-bond acceptors (Lipinski definition) is 6. The van der Waals surface area contributed by atoms with Gasteiger partial charge in [-0.15, -0.1) is 34.8 Å². The smallest absolute Gasteiger partial charge is 0.234 e. The number of aromatic amines is 1. The van der Waals surface area contributed by atoms with E-state index in [1.54, 1.807) is 23.1 Å². The van der Waals surface area contributed by atoms with Crippen molar-refractivity contribution in [2.24, 2.45) is 0 Å². The summed E-state index contributed by atoms with van der Waals surface area (Å²) in [6.45, 7) is 3.73. The van der Waals surface area contributed by atoms with Crippen LogP contribution in [-0.4, -0.2) is 32.6 Å². The van der Waals surface area contributed by atoms with Crippen molar-refractivity contribution in [2.45, 2.75) is 16.5 Å². The second kappa shape index (κ2) is 9.61. The van der Waals surface area contributed by atoms with Crippen LogP contribution in [0.3, 0.4) is 0 Å². The van der Waals surface area contributed by atoms with Gasteiger partial charge in [0.25, 0.3) is 0 Å². The third kappa shape index (κ3) is 5.48. The fourth-order valence-corrected chi connectivity index (χ4v) is 4.23. The van der Waals surface area contributed by atoms with Gasteiger partial charge in [-0.2, -0.15) is 0 Å². The van der Waals surface area contributed by atoms with Gasteiger partial charge in [-0.1, -0.05) is 36.0 Å². The minimum Gasteiger partial charge on any atom is -0.324 e. The summed E-state index contributed by atoms with van der Waals surface area (Å²) in [7, 11) is 0. The quantitative estimate of drug-likeness (QED) is 0.408. The Bertz CT molecular complexity index is 861. The van der Waals surface area contributed by atoms with Crippen LogP contribution in [0.2, 0.25) is 0 Å². The molecule has 0 fully saturated rings. The van der Waals surface area contributed by atoms with E-state index in [0.29, 0.717) is 5.16 Å². The summed E-state index contributed by atoms with van der Waals surface area (Å²) in [4.78, 5) is 18.9. The summed E-state index contributed by atoms with van der Waals surface area (Å²) in [5.74, 6) is 1.79. The lowest BCUT2D eigenvalue weighted by Gasteiger charge is -2.09. The van der Waals surface area contributed by atoms with Crippen molar-refractivity contribution in [3.05, 3.63) is 65.1 Å². The van der Waals surface area contributed by atoms with Crippen LogP contribution in [0.15, 0.2) is 64.5 Å². The maximum Gasteiger partial charge on any atom is 0.234 e. The predicted octanol–water partition coefficient (Wildman–Crippen LogP) is 4.47. The highest BCUT2D eigenvalue weighted by atomic mass is 32.2. The number of nitrogens with zero attached hydrogens (tertiary/aromatic N) is 2. The standard InChI is InChI=1S/C18H18N4OS3/c1-2-9-25-15-8-4-3-7-14(15)19-17(23)12-26-18-20-16(21-22-18)11-13-6-5-10-24-13/h2-8,10H,1,9,11-12H2,(H,19,23)(H,20,21,22). The van der Waals surface area contributed by atoms with E-state index in [9.17, 15) is 4.79 Å². The summed E-state index contributed by atoms with van der Waals surface area (Å²) in [5.41, 5.74) is 0.818. The zero-order valence-corrected chi connectivity index (χ0v) is 16.4. The molecule has 134 valence electrons. The van der Waals surface area contributed by atoms with E-state index in [-0.39, 0.29) is 11.7 Å². The molecule has 2 aromatic heterocycles. The molecule has 0 aliphatic heterocycles. The van der Waals surface area contributed by atoms with E-state index in [1.807, 2.05) is 41.8 Å². The highest BCUT2D eigenvalue weighted by molar-refractivity contribution is 8.00. The molecule has 0 spiro atoms. The second-order valence-corrected chi connectivity index (χ2v) is 8.29. The maximum absolute atomic E-state index is 12.2. The van der Waals surface area contributed by atoms with Crippen molar-refractivity contribution in [1.29, 1.82) is 0 Å². The third-order valence-corrected chi connectivity index (χ3v) is 6.08. The van der Waals surface area contributed by atoms with Gasteiger partial charge in [0.05, 0.1) is 11.4 Å². The largest absolute Gasteiger partial charge is 0.324 e. The number of H-pyrrole nitrogens is 1. The first-order valence-corrected chi connectivity index (χ1v) is 10.8. The average molecular weight is 403 g/mol. The number of aromatic nitrogens is 3. The molecular weight excluding hydrogens is 384 g/mol. The lowest BCUT2D eigenvalue weighted by molar-refractivity contribution is -0.113. The number of nitrogens with one attached hydrogen (secondary N) is 2.